The van der Waals surface area contributed by atoms with Crippen LogP contribution < -0.4 is 5.32 Å². The second-order valence-electron chi connectivity index (χ2n) is 10.1. The molecule has 0 bridgehead atoms. The second kappa shape index (κ2) is 8.78. The van der Waals surface area contributed by atoms with Crippen molar-refractivity contribution in [1.29, 1.82) is 0 Å². The Morgan fingerprint density at radius 3 is 2.52 bits per heavy atom. The summed E-state index contributed by atoms with van der Waals surface area (Å²) >= 11 is 0. The zero-order chi connectivity index (χ0) is 21.4. The highest BCUT2D eigenvalue weighted by Gasteiger charge is 2.38. The molecule has 1 N–H and O–H groups in total. The fourth-order valence-electron chi connectivity index (χ4n) is 6.11. The molecule has 4 aliphatic rings. The van der Waals surface area contributed by atoms with E-state index in [-0.39, 0.29) is 17.9 Å². The van der Waals surface area contributed by atoms with E-state index in [4.69, 9.17) is 0 Å². The van der Waals surface area contributed by atoms with Crippen LogP contribution in [0.4, 0.5) is 0 Å². The molecular formula is C26H35N3O2. The van der Waals surface area contributed by atoms with Crippen molar-refractivity contribution in [2.24, 2.45) is 5.92 Å². The molecule has 2 amide bonds. The van der Waals surface area contributed by atoms with E-state index in [2.05, 4.69) is 28.9 Å². The van der Waals surface area contributed by atoms with E-state index in [1.165, 1.54) is 70.1 Å². The molecule has 166 valence electrons. The molecule has 3 fully saturated rings. The summed E-state index contributed by atoms with van der Waals surface area (Å²) in [6.45, 7) is 8.06. The van der Waals surface area contributed by atoms with Gasteiger partial charge in [-0.25, -0.2) is 0 Å². The number of nitrogens with one attached hydrogen (secondary N) is 1. The minimum absolute atomic E-state index is 0.00323. The van der Waals surface area contributed by atoms with Crippen molar-refractivity contribution in [3.8, 4) is 0 Å². The van der Waals surface area contributed by atoms with Gasteiger partial charge in [-0.05, 0) is 80.6 Å². The number of carbonyl (C=O) groups is 2. The molecule has 0 spiro atoms. The molecule has 5 nitrogen and oxygen atoms in total. The van der Waals surface area contributed by atoms with Crippen LogP contribution in [0.2, 0.25) is 0 Å². The number of likely N-dealkylation sites (tertiary alicyclic amines) is 1. The van der Waals surface area contributed by atoms with Gasteiger partial charge in [-0.15, -0.1) is 0 Å². The Labute approximate surface area is 185 Å². The van der Waals surface area contributed by atoms with Crippen LogP contribution in [0.5, 0.6) is 0 Å². The highest BCUT2D eigenvalue weighted by Crippen LogP contribution is 2.34. The van der Waals surface area contributed by atoms with Crippen molar-refractivity contribution in [3.05, 3.63) is 47.2 Å². The van der Waals surface area contributed by atoms with Crippen LogP contribution in [0.25, 0.3) is 0 Å². The summed E-state index contributed by atoms with van der Waals surface area (Å²) in [7, 11) is 0. The number of carbonyl (C=O) groups excluding carboxylic acids is 2. The van der Waals surface area contributed by atoms with Gasteiger partial charge in [0.2, 0.25) is 5.91 Å². The average Bonchev–Trinajstić information content (AvgIpc) is 3.10. The minimum atomic E-state index is -0.378. The maximum atomic E-state index is 13.0. The van der Waals surface area contributed by atoms with Gasteiger partial charge in [0, 0.05) is 24.4 Å². The standard InChI is InChI=1S/C26H35N3O2/c1-18-7-10-24(25(30)27-18)29-17-22-15-21(8-9-23(22)26(29)31)20-11-13-28(14-12-20)16-19-5-3-2-4-6-19/h8-9,15,19-20,24H,1-7,10-14,16-17H2,(H,27,30). The predicted molar refractivity (Wildman–Crippen MR) is 122 cm³/mol. The summed E-state index contributed by atoms with van der Waals surface area (Å²) in [5, 5.41) is 2.82. The molecule has 5 heteroatoms. The van der Waals surface area contributed by atoms with Crippen LogP contribution in [0.1, 0.15) is 85.2 Å². The number of nitrogens with zero attached hydrogens (tertiary/aromatic N) is 2. The summed E-state index contributed by atoms with van der Waals surface area (Å²) in [6.07, 6.45) is 10.9. The molecule has 3 heterocycles. The molecule has 3 aliphatic heterocycles. The molecule has 1 aliphatic carbocycles. The molecule has 2 saturated heterocycles. The number of amides is 2. The second-order valence-corrected chi connectivity index (χ2v) is 10.1. The SMILES string of the molecule is C=C1CCC(N2Cc3cc(C4CCN(CC5CCCCC5)CC4)ccc3C2=O)C(=O)N1. The normalized spacial score (nSPS) is 26.3. The first-order valence-corrected chi connectivity index (χ1v) is 12.2. The fraction of sp³-hybridized carbons (Fsp3) is 0.615. The lowest BCUT2D eigenvalue weighted by Crippen LogP contribution is -2.49. The topological polar surface area (TPSA) is 52.7 Å². The van der Waals surface area contributed by atoms with Crippen molar-refractivity contribution in [2.45, 2.75) is 76.3 Å². The van der Waals surface area contributed by atoms with E-state index >= 15 is 0 Å². The van der Waals surface area contributed by atoms with Crippen LogP contribution in [-0.4, -0.2) is 47.3 Å². The van der Waals surface area contributed by atoms with Crippen molar-refractivity contribution in [1.82, 2.24) is 15.1 Å². The van der Waals surface area contributed by atoms with Gasteiger partial charge in [-0.1, -0.05) is 38.0 Å². The van der Waals surface area contributed by atoms with Gasteiger partial charge < -0.3 is 15.1 Å². The molecule has 1 saturated carbocycles. The van der Waals surface area contributed by atoms with Crippen molar-refractivity contribution in [2.75, 3.05) is 19.6 Å². The van der Waals surface area contributed by atoms with E-state index in [1.807, 2.05) is 6.07 Å². The number of rotatable bonds is 4. The Bertz CT molecular complexity index is 865. The Hall–Kier alpha value is -2.14. The van der Waals surface area contributed by atoms with E-state index in [0.717, 1.165) is 29.2 Å². The maximum Gasteiger partial charge on any atom is 0.255 e. The first kappa shape index (κ1) is 20.7. The maximum absolute atomic E-state index is 13.0. The third kappa shape index (κ3) is 4.30. The van der Waals surface area contributed by atoms with Crippen LogP contribution in [0.15, 0.2) is 30.5 Å². The Balaban J connectivity index is 1.21. The molecule has 1 atom stereocenters. The van der Waals surface area contributed by atoms with Crippen LogP contribution >= 0.6 is 0 Å². The number of hydrogen-bond donors (Lipinski definition) is 1. The Morgan fingerprint density at radius 1 is 1.00 bits per heavy atom. The Morgan fingerprint density at radius 2 is 1.77 bits per heavy atom. The molecular weight excluding hydrogens is 386 g/mol. The van der Waals surface area contributed by atoms with Gasteiger partial charge in [-0.2, -0.15) is 0 Å². The number of allylic oxidation sites excluding steroid dienone is 1. The van der Waals surface area contributed by atoms with Crippen LogP contribution in [0, 0.1) is 5.92 Å². The highest BCUT2D eigenvalue weighted by atomic mass is 16.2. The van der Waals surface area contributed by atoms with E-state index < -0.39 is 0 Å². The predicted octanol–water partition coefficient (Wildman–Crippen LogP) is 4.19. The van der Waals surface area contributed by atoms with Gasteiger partial charge in [0.05, 0.1) is 0 Å². The molecule has 31 heavy (non-hydrogen) atoms. The fourth-order valence-corrected chi connectivity index (χ4v) is 6.11. The quantitative estimate of drug-likeness (QED) is 0.793. The van der Waals surface area contributed by atoms with Crippen LogP contribution in [-0.2, 0) is 11.3 Å². The average molecular weight is 422 g/mol. The number of fused-ring (bicyclic) bond motifs is 1. The lowest BCUT2D eigenvalue weighted by atomic mass is 9.86. The van der Waals surface area contributed by atoms with E-state index in [1.54, 1.807) is 4.90 Å². The molecule has 5 rings (SSSR count). The highest BCUT2D eigenvalue weighted by molar-refractivity contribution is 6.01. The molecule has 0 radical (unpaired) electrons. The number of hydrogen-bond acceptors (Lipinski definition) is 3. The van der Waals surface area contributed by atoms with Gasteiger partial charge in [0.15, 0.2) is 0 Å². The van der Waals surface area contributed by atoms with E-state index in [0.29, 0.717) is 18.9 Å². The Kier molecular flexibility index (Phi) is 5.87. The van der Waals surface area contributed by atoms with Crippen molar-refractivity contribution >= 4 is 11.8 Å². The zero-order valence-corrected chi connectivity index (χ0v) is 18.6. The zero-order valence-electron chi connectivity index (χ0n) is 18.6. The van der Waals surface area contributed by atoms with Gasteiger partial charge in [0.1, 0.15) is 6.04 Å². The van der Waals surface area contributed by atoms with Crippen molar-refractivity contribution in [3.63, 3.8) is 0 Å². The van der Waals surface area contributed by atoms with Gasteiger partial charge in [0.25, 0.3) is 5.91 Å². The summed E-state index contributed by atoms with van der Waals surface area (Å²) in [4.78, 5) is 29.8. The number of piperidine rings is 2. The largest absolute Gasteiger partial charge is 0.329 e. The first-order valence-electron chi connectivity index (χ1n) is 12.2. The third-order valence-corrected chi connectivity index (χ3v) is 7.96. The lowest BCUT2D eigenvalue weighted by Gasteiger charge is -2.35. The van der Waals surface area contributed by atoms with Crippen molar-refractivity contribution < 1.29 is 9.59 Å². The summed E-state index contributed by atoms with van der Waals surface area (Å²) in [5.74, 6) is 1.40. The molecule has 0 aromatic heterocycles. The molecule has 1 aromatic carbocycles. The summed E-state index contributed by atoms with van der Waals surface area (Å²) in [6, 6.07) is 6.02. The minimum Gasteiger partial charge on any atom is -0.329 e. The van der Waals surface area contributed by atoms with Gasteiger partial charge >= 0.3 is 0 Å². The summed E-state index contributed by atoms with van der Waals surface area (Å²) in [5.41, 5.74) is 3.98. The third-order valence-electron chi connectivity index (χ3n) is 7.96. The monoisotopic (exact) mass is 421 g/mol. The molecule has 1 aromatic rings. The molecule has 1 unspecified atom stereocenters. The first-order chi connectivity index (χ1) is 15.1. The number of benzene rings is 1. The lowest BCUT2D eigenvalue weighted by molar-refractivity contribution is -0.126. The smallest absolute Gasteiger partial charge is 0.255 e. The van der Waals surface area contributed by atoms with Crippen LogP contribution in [0.3, 0.4) is 0 Å². The summed E-state index contributed by atoms with van der Waals surface area (Å²) < 4.78 is 0. The van der Waals surface area contributed by atoms with Gasteiger partial charge in [-0.3, -0.25) is 9.59 Å². The van der Waals surface area contributed by atoms with E-state index in [9.17, 15) is 9.59 Å².